The standard InChI is InChI=1S/C20H17FN4O2/c1-12(2)13-8-14-11-25(24-19(14)22-10-13)17-9-15(5-6-16(17)21)23-20(26)18-4-3-7-27-18/h3-12H,1-2H3,(H,23,26). The van der Waals surface area contributed by atoms with Crippen molar-refractivity contribution in [1.82, 2.24) is 14.8 Å². The van der Waals surface area contributed by atoms with Gasteiger partial charge in [0.15, 0.2) is 11.4 Å². The molecule has 0 saturated heterocycles. The maximum atomic E-state index is 14.4. The van der Waals surface area contributed by atoms with Gasteiger partial charge in [-0.3, -0.25) is 4.79 Å². The average molecular weight is 364 g/mol. The molecule has 1 aromatic carbocycles. The SMILES string of the molecule is CC(C)c1cnc2nn(-c3cc(NC(=O)c4ccco4)ccc3F)cc2c1. The van der Waals surface area contributed by atoms with E-state index in [1.165, 1.54) is 29.1 Å². The Labute approximate surface area is 154 Å². The number of carbonyl (C=O) groups is 1. The van der Waals surface area contributed by atoms with E-state index in [1.54, 1.807) is 24.5 Å². The molecule has 0 spiro atoms. The first-order valence-corrected chi connectivity index (χ1v) is 8.51. The smallest absolute Gasteiger partial charge is 0.291 e. The second kappa shape index (κ2) is 6.68. The van der Waals surface area contributed by atoms with Crippen LogP contribution in [0.25, 0.3) is 16.7 Å². The van der Waals surface area contributed by atoms with Gasteiger partial charge in [-0.2, -0.15) is 0 Å². The predicted molar refractivity (Wildman–Crippen MR) is 99.6 cm³/mol. The summed E-state index contributed by atoms with van der Waals surface area (Å²) in [5.74, 6) is -0.354. The Kier molecular flexibility index (Phi) is 4.19. The van der Waals surface area contributed by atoms with Gasteiger partial charge in [-0.1, -0.05) is 13.8 Å². The zero-order chi connectivity index (χ0) is 19.0. The Hall–Kier alpha value is -3.48. The Morgan fingerprint density at radius 3 is 2.85 bits per heavy atom. The molecule has 27 heavy (non-hydrogen) atoms. The van der Waals surface area contributed by atoms with Gasteiger partial charge in [0.1, 0.15) is 11.5 Å². The number of benzene rings is 1. The van der Waals surface area contributed by atoms with Crippen molar-refractivity contribution in [1.29, 1.82) is 0 Å². The van der Waals surface area contributed by atoms with Crippen LogP contribution in [0.3, 0.4) is 0 Å². The van der Waals surface area contributed by atoms with Crippen molar-refractivity contribution in [3.05, 3.63) is 72.2 Å². The summed E-state index contributed by atoms with van der Waals surface area (Å²) < 4.78 is 20.9. The topological polar surface area (TPSA) is 73.0 Å². The predicted octanol–water partition coefficient (Wildman–Crippen LogP) is 4.53. The van der Waals surface area contributed by atoms with E-state index < -0.39 is 11.7 Å². The van der Waals surface area contributed by atoms with E-state index in [0.29, 0.717) is 17.3 Å². The molecule has 0 unspecified atom stereocenters. The molecule has 3 aromatic heterocycles. The van der Waals surface area contributed by atoms with Gasteiger partial charge in [0.05, 0.1) is 6.26 Å². The third kappa shape index (κ3) is 3.31. The number of hydrogen-bond acceptors (Lipinski definition) is 4. The normalized spacial score (nSPS) is 11.3. The molecule has 4 rings (SSSR count). The van der Waals surface area contributed by atoms with Crippen molar-refractivity contribution in [2.24, 2.45) is 0 Å². The average Bonchev–Trinajstić information content (AvgIpc) is 3.32. The van der Waals surface area contributed by atoms with Crippen molar-refractivity contribution in [3.63, 3.8) is 0 Å². The van der Waals surface area contributed by atoms with Gasteiger partial charge in [0, 0.05) is 23.5 Å². The highest BCUT2D eigenvalue weighted by Crippen LogP contribution is 2.23. The summed E-state index contributed by atoms with van der Waals surface area (Å²) in [5, 5.41) is 7.86. The molecule has 3 heterocycles. The lowest BCUT2D eigenvalue weighted by molar-refractivity contribution is 0.0996. The zero-order valence-corrected chi connectivity index (χ0v) is 14.8. The summed E-state index contributed by atoms with van der Waals surface area (Å²) in [4.78, 5) is 16.5. The second-order valence-corrected chi connectivity index (χ2v) is 6.51. The highest BCUT2D eigenvalue weighted by molar-refractivity contribution is 6.02. The molecule has 1 amide bonds. The monoisotopic (exact) mass is 364 g/mol. The third-order valence-corrected chi connectivity index (χ3v) is 4.24. The second-order valence-electron chi connectivity index (χ2n) is 6.51. The van der Waals surface area contributed by atoms with Crippen LogP contribution in [0.1, 0.15) is 35.9 Å². The van der Waals surface area contributed by atoms with E-state index in [-0.39, 0.29) is 11.4 Å². The minimum absolute atomic E-state index is 0.177. The first-order valence-electron chi connectivity index (χ1n) is 8.51. The number of anilines is 1. The number of aromatic nitrogens is 3. The number of rotatable bonds is 4. The van der Waals surface area contributed by atoms with Gasteiger partial charge in [0.25, 0.3) is 5.91 Å². The van der Waals surface area contributed by atoms with Gasteiger partial charge >= 0.3 is 0 Å². The molecule has 4 aromatic rings. The fourth-order valence-corrected chi connectivity index (χ4v) is 2.74. The molecule has 0 atom stereocenters. The van der Waals surface area contributed by atoms with Crippen LogP contribution < -0.4 is 5.32 Å². The van der Waals surface area contributed by atoms with Crippen LogP contribution in [-0.2, 0) is 0 Å². The van der Waals surface area contributed by atoms with Crippen LogP contribution in [0.2, 0.25) is 0 Å². The van der Waals surface area contributed by atoms with Crippen LogP contribution in [0, 0.1) is 5.82 Å². The molecule has 0 saturated carbocycles. The highest BCUT2D eigenvalue weighted by atomic mass is 19.1. The summed E-state index contributed by atoms with van der Waals surface area (Å²) in [6.45, 7) is 4.16. The Morgan fingerprint density at radius 2 is 2.11 bits per heavy atom. The van der Waals surface area contributed by atoms with Crippen LogP contribution in [-0.4, -0.2) is 20.7 Å². The third-order valence-electron chi connectivity index (χ3n) is 4.24. The fourth-order valence-electron chi connectivity index (χ4n) is 2.74. The molecular formula is C20H17FN4O2. The number of fused-ring (bicyclic) bond motifs is 1. The molecule has 1 N–H and O–H groups in total. The molecule has 136 valence electrons. The number of amides is 1. The summed E-state index contributed by atoms with van der Waals surface area (Å²) in [5.41, 5.74) is 2.27. The molecule has 0 fully saturated rings. The highest BCUT2D eigenvalue weighted by Gasteiger charge is 2.13. The number of nitrogens with one attached hydrogen (secondary N) is 1. The van der Waals surface area contributed by atoms with E-state index in [0.717, 1.165) is 10.9 Å². The molecule has 0 aliphatic rings. The zero-order valence-electron chi connectivity index (χ0n) is 14.8. The largest absolute Gasteiger partial charge is 0.459 e. The maximum Gasteiger partial charge on any atom is 0.291 e. The number of furan rings is 1. The van der Waals surface area contributed by atoms with E-state index in [9.17, 15) is 9.18 Å². The van der Waals surface area contributed by atoms with Gasteiger partial charge in [-0.05, 0) is 47.9 Å². The number of carbonyl (C=O) groups excluding carboxylic acids is 1. The van der Waals surface area contributed by atoms with Gasteiger partial charge in [0.2, 0.25) is 0 Å². The lowest BCUT2D eigenvalue weighted by Gasteiger charge is -2.07. The molecule has 7 heteroatoms. The summed E-state index contributed by atoms with van der Waals surface area (Å²) >= 11 is 0. The van der Waals surface area contributed by atoms with E-state index >= 15 is 0 Å². The number of nitrogens with zero attached hydrogens (tertiary/aromatic N) is 3. The van der Waals surface area contributed by atoms with Crippen molar-refractivity contribution in [3.8, 4) is 5.69 Å². The lowest BCUT2D eigenvalue weighted by atomic mass is 10.1. The Morgan fingerprint density at radius 1 is 1.26 bits per heavy atom. The Bertz CT molecular complexity index is 1120. The van der Waals surface area contributed by atoms with Crippen molar-refractivity contribution < 1.29 is 13.6 Å². The van der Waals surface area contributed by atoms with E-state index in [4.69, 9.17) is 4.42 Å². The number of pyridine rings is 1. The van der Waals surface area contributed by atoms with Gasteiger partial charge < -0.3 is 9.73 Å². The summed E-state index contributed by atoms with van der Waals surface area (Å²) in [7, 11) is 0. The molecule has 6 nitrogen and oxygen atoms in total. The van der Waals surface area contributed by atoms with Gasteiger partial charge in [-0.25, -0.2) is 14.1 Å². The first kappa shape index (κ1) is 17.0. The van der Waals surface area contributed by atoms with E-state index in [2.05, 4.69) is 29.2 Å². The molecule has 0 aliphatic carbocycles. The Balaban J connectivity index is 1.69. The summed E-state index contributed by atoms with van der Waals surface area (Å²) in [6, 6.07) is 9.46. The van der Waals surface area contributed by atoms with Gasteiger partial charge in [-0.15, -0.1) is 5.10 Å². The van der Waals surface area contributed by atoms with Crippen LogP contribution in [0.15, 0.2) is 59.5 Å². The minimum atomic E-state index is -0.456. The molecule has 0 aliphatic heterocycles. The fraction of sp³-hybridized carbons (Fsp3) is 0.150. The molecule has 0 radical (unpaired) electrons. The lowest BCUT2D eigenvalue weighted by Crippen LogP contribution is -2.11. The van der Waals surface area contributed by atoms with Crippen LogP contribution in [0.4, 0.5) is 10.1 Å². The van der Waals surface area contributed by atoms with Crippen molar-refractivity contribution >= 4 is 22.6 Å². The van der Waals surface area contributed by atoms with Crippen LogP contribution in [0.5, 0.6) is 0 Å². The first-order chi connectivity index (χ1) is 13.0. The maximum absolute atomic E-state index is 14.4. The molecule has 0 bridgehead atoms. The van der Waals surface area contributed by atoms with Crippen LogP contribution >= 0.6 is 0 Å². The molecular weight excluding hydrogens is 347 g/mol. The van der Waals surface area contributed by atoms with Crippen molar-refractivity contribution in [2.75, 3.05) is 5.32 Å². The minimum Gasteiger partial charge on any atom is -0.459 e. The number of hydrogen-bond donors (Lipinski definition) is 1. The quantitative estimate of drug-likeness (QED) is 0.577. The number of halogens is 1. The van der Waals surface area contributed by atoms with E-state index in [1.807, 2.05) is 6.07 Å². The summed E-state index contributed by atoms with van der Waals surface area (Å²) in [6.07, 6.45) is 4.92. The van der Waals surface area contributed by atoms with Crippen molar-refractivity contribution in [2.45, 2.75) is 19.8 Å².